The molecule has 0 bridgehead atoms. The molecule has 10 rings (SSSR count). The van der Waals surface area contributed by atoms with Gasteiger partial charge in [-0.15, -0.1) is 0 Å². The summed E-state index contributed by atoms with van der Waals surface area (Å²) < 4.78 is 11.6. The summed E-state index contributed by atoms with van der Waals surface area (Å²) in [5.41, 5.74) is 10.1. The molecule has 0 radical (unpaired) electrons. The van der Waals surface area contributed by atoms with E-state index in [1.54, 1.807) is 0 Å². The molecule has 0 amide bonds. The average molecular weight is 600 g/mol. The molecule has 4 nitrogen and oxygen atoms in total. The molecule has 0 fully saturated rings. The van der Waals surface area contributed by atoms with Gasteiger partial charge in [-0.3, -0.25) is 0 Å². The molecule has 0 aliphatic heterocycles. The van der Waals surface area contributed by atoms with Crippen molar-refractivity contribution in [3.8, 4) is 28.6 Å². The maximum absolute atomic E-state index is 11.0. The fourth-order valence-electron chi connectivity index (χ4n) is 7.61. The van der Waals surface area contributed by atoms with E-state index in [1.165, 1.54) is 0 Å². The first-order valence-corrected chi connectivity index (χ1v) is 15.8. The van der Waals surface area contributed by atoms with Crippen LogP contribution in [0.15, 0.2) is 156 Å². The fraction of sp³-hybridized carbons (Fsp3) is 0. The SMILES string of the molecule is N#Cc1cc(-n2c3ccccc3c3ccccc32)c2oc3c(-c4ccccc4)cccc3c2c1-n1c2ccccc2c2ccccc21. The normalized spacial score (nSPS) is 11.8. The van der Waals surface area contributed by atoms with Crippen LogP contribution in [0, 0.1) is 11.3 Å². The third-order valence-electron chi connectivity index (χ3n) is 9.55. The first kappa shape index (κ1) is 25.7. The molecule has 0 unspecified atom stereocenters. The third kappa shape index (κ3) is 3.51. The van der Waals surface area contributed by atoms with Gasteiger partial charge in [0, 0.05) is 32.5 Å². The van der Waals surface area contributed by atoms with Crippen LogP contribution < -0.4 is 0 Å². The van der Waals surface area contributed by atoms with Crippen LogP contribution in [0.3, 0.4) is 0 Å². The van der Waals surface area contributed by atoms with Gasteiger partial charge in [-0.05, 0) is 35.9 Å². The van der Waals surface area contributed by atoms with E-state index in [1.807, 2.05) is 12.1 Å². The van der Waals surface area contributed by atoms with Gasteiger partial charge in [-0.1, -0.05) is 121 Å². The van der Waals surface area contributed by atoms with Crippen LogP contribution in [0.2, 0.25) is 0 Å². The summed E-state index contributed by atoms with van der Waals surface area (Å²) in [6, 6.07) is 55.1. The number of nitriles is 1. The molecule has 4 heteroatoms. The maximum Gasteiger partial charge on any atom is 0.161 e. The summed E-state index contributed by atoms with van der Waals surface area (Å²) in [6.45, 7) is 0. The lowest BCUT2D eigenvalue weighted by Crippen LogP contribution is -2.02. The second-order valence-corrected chi connectivity index (χ2v) is 12.0. The molecule has 7 aromatic carbocycles. The Balaban J connectivity index is 1.45. The number of rotatable bonds is 3. The number of hydrogen-bond acceptors (Lipinski definition) is 2. The van der Waals surface area contributed by atoms with Crippen LogP contribution in [0.4, 0.5) is 0 Å². The molecular formula is C43H25N3O. The van der Waals surface area contributed by atoms with Crippen molar-refractivity contribution in [1.82, 2.24) is 9.13 Å². The molecule has 3 heterocycles. The number of para-hydroxylation sites is 5. The quantitative estimate of drug-likeness (QED) is 0.203. The predicted molar refractivity (Wildman–Crippen MR) is 193 cm³/mol. The number of nitrogens with zero attached hydrogens (tertiary/aromatic N) is 3. The van der Waals surface area contributed by atoms with E-state index in [0.717, 1.165) is 88.1 Å². The molecule has 0 saturated heterocycles. The Kier molecular flexibility index (Phi) is 5.32. The highest BCUT2D eigenvalue weighted by atomic mass is 16.3. The van der Waals surface area contributed by atoms with Gasteiger partial charge >= 0.3 is 0 Å². The lowest BCUT2D eigenvalue weighted by Gasteiger charge is -2.15. The number of hydrogen-bond donors (Lipinski definition) is 0. The Morgan fingerprint density at radius 1 is 0.468 bits per heavy atom. The van der Waals surface area contributed by atoms with Crippen molar-refractivity contribution in [1.29, 1.82) is 5.26 Å². The minimum Gasteiger partial charge on any atom is -0.453 e. The lowest BCUT2D eigenvalue weighted by atomic mass is 10.00. The minimum atomic E-state index is 0.577. The first-order valence-electron chi connectivity index (χ1n) is 15.8. The highest BCUT2D eigenvalue weighted by Crippen LogP contribution is 2.46. The predicted octanol–water partition coefficient (Wildman–Crippen LogP) is 11.3. The Bertz CT molecular complexity index is 2810. The van der Waals surface area contributed by atoms with Crippen LogP contribution in [-0.4, -0.2) is 9.13 Å². The third-order valence-corrected chi connectivity index (χ3v) is 9.55. The van der Waals surface area contributed by atoms with E-state index in [9.17, 15) is 5.26 Å². The van der Waals surface area contributed by atoms with Crippen molar-refractivity contribution >= 4 is 65.6 Å². The molecule has 0 aliphatic rings. The van der Waals surface area contributed by atoms with Gasteiger partial charge in [0.2, 0.25) is 0 Å². The molecule has 0 spiro atoms. The van der Waals surface area contributed by atoms with Crippen molar-refractivity contribution in [2.24, 2.45) is 0 Å². The van der Waals surface area contributed by atoms with Crippen molar-refractivity contribution in [2.75, 3.05) is 0 Å². The van der Waals surface area contributed by atoms with Crippen molar-refractivity contribution in [2.45, 2.75) is 0 Å². The van der Waals surface area contributed by atoms with Crippen molar-refractivity contribution in [3.05, 3.63) is 157 Å². The summed E-state index contributed by atoms with van der Waals surface area (Å²) in [5.74, 6) is 0. The monoisotopic (exact) mass is 599 g/mol. The van der Waals surface area contributed by atoms with Crippen LogP contribution in [-0.2, 0) is 0 Å². The Morgan fingerprint density at radius 2 is 0.957 bits per heavy atom. The highest BCUT2D eigenvalue weighted by Gasteiger charge is 2.26. The zero-order valence-corrected chi connectivity index (χ0v) is 25.2. The maximum atomic E-state index is 11.0. The second kappa shape index (κ2) is 9.71. The van der Waals surface area contributed by atoms with E-state index in [2.05, 4.69) is 155 Å². The molecule has 0 N–H and O–H groups in total. The Morgan fingerprint density at radius 3 is 1.51 bits per heavy atom. The standard InChI is InChI=1S/C43H25N3O/c44-26-28-25-39(45-35-21-8-4-15-30(35)31-16-5-9-22-36(31)45)43-40(34-20-12-19-29(42(34)47-43)27-13-2-1-3-14-27)41(28)46-37-23-10-6-17-32(37)33-18-7-11-24-38(33)46/h1-25H. The summed E-state index contributed by atoms with van der Waals surface area (Å²) in [4.78, 5) is 0. The average Bonchev–Trinajstić information content (AvgIpc) is 3.80. The van der Waals surface area contributed by atoms with E-state index in [4.69, 9.17) is 4.42 Å². The summed E-state index contributed by atoms with van der Waals surface area (Å²) in [6.07, 6.45) is 0. The lowest BCUT2D eigenvalue weighted by molar-refractivity contribution is 0.667. The molecule has 3 aromatic heterocycles. The van der Waals surface area contributed by atoms with Gasteiger partial charge < -0.3 is 13.6 Å². The molecule has 0 saturated carbocycles. The van der Waals surface area contributed by atoms with E-state index < -0.39 is 0 Å². The molecular weight excluding hydrogens is 574 g/mol. The van der Waals surface area contributed by atoms with E-state index in [-0.39, 0.29) is 0 Å². The van der Waals surface area contributed by atoms with Crippen molar-refractivity contribution < 1.29 is 4.42 Å². The van der Waals surface area contributed by atoms with Crippen molar-refractivity contribution in [3.63, 3.8) is 0 Å². The summed E-state index contributed by atoms with van der Waals surface area (Å²) in [7, 11) is 0. The number of aromatic nitrogens is 2. The van der Waals surface area contributed by atoms with Gasteiger partial charge in [0.25, 0.3) is 0 Å². The van der Waals surface area contributed by atoms with E-state index >= 15 is 0 Å². The van der Waals surface area contributed by atoms with E-state index in [0.29, 0.717) is 5.56 Å². The summed E-state index contributed by atoms with van der Waals surface area (Å²) >= 11 is 0. The Hall–Kier alpha value is -6.57. The topological polar surface area (TPSA) is 46.8 Å². The number of benzene rings is 7. The molecule has 47 heavy (non-hydrogen) atoms. The number of fused-ring (bicyclic) bond motifs is 9. The fourth-order valence-corrected chi connectivity index (χ4v) is 7.61. The largest absolute Gasteiger partial charge is 0.453 e. The van der Waals surface area contributed by atoms with Crippen LogP contribution in [0.5, 0.6) is 0 Å². The molecule has 0 atom stereocenters. The smallest absolute Gasteiger partial charge is 0.161 e. The molecule has 218 valence electrons. The van der Waals surface area contributed by atoms with Gasteiger partial charge in [-0.25, -0.2) is 0 Å². The van der Waals surface area contributed by atoms with Gasteiger partial charge in [0.15, 0.2) is 5.58 Å². The van der Waals surface area contributed by atoms with Crippen LogP contribution in [0.1, 0.15) is 5.56 Å². The van der Waals surface area contributed by atoms with Crippen LogP contribution in [0.25, 0.3) is 88.1 Å². The molecule has 0 aliphatic carbocycles. The zero-order chi connectivity index (χ0) is 31.1. The second-order valence-electron chi connectivity index (χ2n) is 12.0. The summed E-state index contributed by atoms with van der Waals surface area (Å²) in [5, 5.41) is 17.5. The van der Waals surface area contributed by atoms with Gasteiger partial charge in [0.05, 0.1) is 44.4 Å². The van der Waals surface area contributed by atoms with Gasteiger partial charge in [0.1, 0.15) is 11.7 Å². The Labute approximate surface area is 269 Å². The van der Waals surface area contributed by atoms with Gasteiger partial charge in [-0.2, -0.15) is 5.26 Å². The zero-order valence-electron chi connectivity index (χ0n) is 25.2. The first-order chi connectivity index (χ1) is 23.3. The highest BCUT2D eigenvalue weighted by molar-refractivity contribution is 6.19. The number of furan rings is 1. The minimum absolute atomic E-state index is 0.577. The van der Waals surface area contributed by atoms with Crippen LogP contribution >= 0.6 is 0 Å². The molecule has 10 aromatic rings.